The number of aryl methyl sites for hydroxylation is 1. The molecule has 0 aliphatic heterocycles. The maximum Gasteiger partial charge on any atom is 0.136 e. The minimum Gasteiger partial charge on any atom is -0.497 e. The summed E-state index contributed by atoms with van der Waals surface area (Å²) in [6.07, 6.45) is 3.02. The molecule has 0 spiro atoms. The lowest BCUT2D eigenvalue weighted by atomic mass is 10.0. The third-order valence-electron chi connectivity index (χ3n) is 5.08. The van der Waals surface area contributed by atoms with Gasteiger partial charge in [0.05, 0.1) is 18.0 Å². The number of H-pyrrole nitrogens is 1. The van der Waals surface area contributed by atoms with E-state index >= 15 is 0 Å². The van der Waals surface area contributed by atoms with Crippen molar-refractivity contribution in [3.05, 3.63) is 42.1 Å². The smallest absolute Gasteiger partial charge is 0.136 e. The van der Waals surface area contributed by atoms with E-state index in [2.05, 4.69) is 60.5 Å². The fourth-order valence-electron chi connectivity index (χ4n) is 3.69. The first-order valence-corrected chi connectivity index (χ1v) is 9.35. The average molecular weight is 362 g/mol. The highest BCUT2D eigenvalue weighted by Gasteiger charge is 2.15. The monoisotopic (exact) mass is 362 g/mol. The van der Waals surface area contributed by atoms with E-state index in [0.29, 0.717) is 0 Å². The summed E-state index contributed by atoms with van der Waals surface area (Å²) in [5, 5.41) is 8.32. The van der Waals surface area contributed by atoms with E-state index in [1.165, 1.54) is 21.5 Å². The number of nitrogens with one attached hydrogen (secondary N) is 2. The standard InChI is InChI=1S/C22H26N4O/c1-14-13-24-22(23-10-5-11-26(2)3)20-19-17-8-7-16(27-4)12-15(17)6-9-18(19)25-21(14)20/h6-9,12-13,25H,5,10-11H2,1-4H3,(H,23,24). The van der Waals surface area contributed by atoms with Gasteiger partial charge in [0.1, 0.15) is 11.6 Å². The van der Waals surface area contributed by atoms with Crippen LogP contribution in [0.1, 0.15) is 12.0 Å². The van der Waals surface area contributed by atoms with Crippen LogP contribution < -0.4 is 10.1 Å². The molecule has 0 fully saturated rings. The average Bonchev–Trinajstić information content (AvgIpc) is 3.07. The Kier molecular flexibility index (Phi) is 4.62. The molecule has 0 aliphatic rings. The maximum atomic E-state index is 5.39. The van der Waals surface area contributed by atoms with Crippen molar-refractivity contribution in [3.63, 3.8) is 0 Å². The molecule has 0 bridgehead atoms. The Morgan fingerprint density at radius 3 is 2.78 bits per heavy atom. The summed E-state index contributed by atoms with van der Waals surface area (Å²) in [5.41, 5.74) is 3.44. The van der Waals surface area contributed by atoms with Crippen molar-refractivity contribution in [1.29, 1.82) is 0 Å². The van der Waals surface area contributed by atoms with Crippen LogP contribution in [-0.2, 0) is 0 Å². The Hall–Kier alpha value is -2.79. The summed E-state index contributed by atoms with van der Waals surface area (Å²) < 4.78 is 5.39. The molecule has 2 aromatic carbocycles. The van der Waals surface area contributed by atoms with Crippen LogP contribution in [0.25, 0.3) is 32.6 Å². The minimum atomic E-state index is 0.873. The first-order valence-electron chi connectivity index (χ1n) is 9.35. The summed E-state index contributed by atoms with van der Waals surface area (Å²) in [7, 11) is 5.90. The SMILES string of the molecule is COc1ccc2c(ccc3[nH]c4c(C)cnc(NCCCN(C)C)c4c32)c1. The van der Waals surface area contributed by atoms with Gasteiger partial charge in [-0.3, -0.25) is 0 Å². The summed E-state index contributed by atoms with van der Waals surface area (Å²) in [6.45, 7) is 4.05. The molecule has 0 atom stereocenters. The van der Waals surface area contributed by atoms with Gasteiger partial charge >= 0.3 is 0 Å². The Bertz CT molecular complexity index is 1110. The molecule has 0 saturated carbocycles. The highest BCUT2D eigenvalue weighted by atomic mass is 16.5. The normalized spacial score (nSPS) is 11.7. The fraction of sp³-hybridized carbons (Fsp3) is 0.318. The van der Waals surface area contributed by atoms with Crippen LogP contribution in [-0.4, -0.2) is 49.2 Å². The molecule has 0 radical (unpaired) electrons. The van der Waals surface area contributed by atoms with Gasteiger partial charge in [-0.05, 0) is 74.6 Å². The van der Waals surface area contributed by atoms with Crippen LogP contribution in [0.15, 0.2) is 36.5 Å². The summed E-state index contributed by atoms with van der Waals surface area (Å²) >= 11 is 0. The lowest BCUT2D eigenvalue weighted by Gasteiger charge is -2.12. The predicted octanol–water partition coefficient (Wildman–Crippen LogP) is 4.55. The zero-order valence-electron chi connectivity index (χ0n) is 16.4. The summed E-state index contributed by atoms with van der Waals surface area (Å²) in [4.78, 5) is 10.5. The van der Waals surface area contributed by atoms with Crippen LogP contribution >= 0.6 is 0 Å². The third kappa shape index (κ3) is 3.19. The van der Waals surface area contributed by atoms with E-state index in [9.17, 15) is 0 Å². The van der Waals surface area contributed by atoms with Crippen molar-refractivity contribution in [1.82, 2.24) is 14.9 Å². The molecular formula is C22H26N4O. The third-order valence-corrected chi connectivity index (χ3v) is 5.08. The van der Waals surface area contributed by atoms with Gasteiger partial charge in [-0.25, -0.2) is 4.98 Å². The van der Waals surface area contributed by atoms with Crippen LogP contribution in [0.2, 0.25) is 0 Å². The van der Waals surface area contributed by atoms with E-state index in [1.54, 1.807) is 7.11 Å². The number of pyridine rings is 1. The number of anilines is 1. The van der Waals surface area contributed by atoms with Crippen molar-refractivity contribution in [3.8, 4) is 5.75 Å². The molecule has 2 N–H and O–H groups in total. The molecule has 4 aromatic rings. The highest BCUT2D eigenvalue weighted by molar-refractivity contribution is 6.23. The Morgan fingerprint density at radius 2 is 2.00 bits per heavy atom. The number of hydrogen-bond donors (Lipinski definition) is 2. The lowest BCUT2D eigenvalue weighted by molar-refractivity contribution is 0.405. The zero-order valence-corrected chi connectivity index (χ0v) is 16.4. The molecule has 0 aliphatic carbocycles. The molecule has 140 valence electrons. The van der Waals surface area contributed by atoms with E-state index in [-0.39, 0.29) is 0 Å². The van der Waals surface area contributed by atoms with Gasteiger partial charge in [0.2, 0.25) is 0 Å². The highest BCUT2D eigenvalue weighted by Crippen LogP contribution is 2.37. The van der Waals surface area contributed by atoms with E-state index in [1.807, 2.05) is 12.3 Å². The second kappa shape index (κ2) is 7.08. The van der Waals surface area contributed by atoms with Gasteiger partial charge in [0.25, 0.3) is 0 Å². The molecule has 5 heteroatoms. The lowest BCUT2D eigenvalue weighted by Crippen LogP contribution is -2.16. The van der Waals surface area contributed by atoms with Crippen molar-refractivity contribution in [2.24, 2.45) is 0 Å². The number of aromatic amines is 1. The van der Waals surface area contributed by atoms with Crippen LogP contribution in [0.5, 0.6) is 5.75 Å². The number of methoxy groups -OCH3 is 1. The number of hydrogen-bond acceptors (Lipinski definition) is 4. The maximum absolute atomic E-state index is 5.39. The van der Waals surface area contributed by atoms with E-state index < -0.39 is 0 Å². The first kappa shape index (κ1) is 17.6. The second-order valence-corrected chi connectivity index (χ2v) is 7.32. The van der Waals surface area contributed by atoms with Gasteiger partial charge in [-0.1, -0.05) is 6.07 Å². The molecule has 4 rings (SSSR count). The Labute approximate surface area is 159 Å². The molecule has 5 nitrogen and oxygen atoms in total. The van der Waals surface area contributed by atoms with Crippen LogP contribution in [0, 0.1) is 6.92 Å². The van der Waals surface area contributed by atoms with E-state index in [4.69, 9.17) is 9.72 Å². The topological polar surface area (TPSA) is 53.2 Å². The van der Waals surface area contributed by atoms with Crippen molar-refractivity contribution in [2.75, 3.05) is 39.6 Å². The molecule has 27 heavy (non-hydrogen) atoms. The molecule has 0 amide bonds. The second-order valence-electron chi connectivity index (χ2n) is 7.32. The van der Waals surface area contributed by atoms with Crippen molar-refractivity contribution < 1.29 is 4.74 Å². The number of fused-ring (bicyclic) bond motifs is 5. The predicted molar refractivity (Wildman–Crippen MR) is 114 cm³/mol. The zero-order chi connectivity index (χ0) is 19.0. The summed E-state index contributed by atoms with van der Waals surface area (Å²) in [6, 6.07) is 10.5. The minimum absolute atomic E-state index is 0.873. The van der Waals surface area contributed by atoms with Gasteiger partial charge in [-0.15, -0.1) is 0 Å². The first-order chi connectivity index (χ1) is 13.1. The molecular weight excluding hydrogens is 336 g/mol. The summed E-state index contributed by atoms with van der Waals surface area (Å²) in [5.74, 6) is 1.82. The number of ether oxygens (including phenoxy) is 1. The Morgan fingerprint density at radius 1 is 1.15 bits per heavy atom. The van der Waals surface area contributed by atoms with Gasteiger partial charge in [-0.2, -0.15) is 0 Å². The fourth-order valence-corrected chi connectivity index (χ4v) is 3.69. The van der Waals surface area contributed by atoms with Crippen LogP contribution in [0.4, 0.5) is 5.82 Å². The molecule has 0 unspecified atom stereocenters. The van der Waals surface area contributed by atoms with Gasteiger partial charge in [0, 0.05) is 23.6 Å². The van der Waals surface area contributed by atoms with Crippen molar-refractivity contribution >= 4 is 38.4 Å². The molecule has 2 aromatic heterocycles. The van der Waals surface area contributed by atoms with Gasteiger partial charge < -0.3 is 19.9 Å². The van der Waals surface area contributed by atoms with Crippen molar-refractivity contribution in [2.45, 2.75) is 13.3 Å². The number of rotatable bonds is 6. The Balaban J connectivity index is 1.88. The number of nitrogens with zero attached hydrogens (tertiary/aromatic N) is 2. The quantitative estimate of drug-likeness (QED) is 0.494. The van der Waals surface area contributed by atoms with E-state index in [0.717, 1.165) is 47.7 Å². The van der Waals surface area contributed by atoms with Crippen LogP contribution in [0.3, 0.4) is 0 Å². The number of aromatic nitrogens is 2. The molecule has 2 heterocycles. The number of benzene rings is 2. The largest absolute Gasteiger partial charge is 0.497 e. The van der Waals surface area contributed by atoms with Gasteiger partial charge in [0.15, 0.2) is 0 Å². The molecule has 0 saturated heterocycles.